The van der Waals surface area contributed by atoms with E-state index in [1.54, 1.807) is 5.71 Å². The molecule has 94 valence electrons. The quantitative estimate of drug-likeness (QED) is 0.558. The number of rotatable bonds is 4. The van der Waals surface area contributed by atoms with Crippen molar-refractivity contribution in [3.63, 3.8) is 0 Å². The summed E-state index contributed by atoms with van der Waals surface area (Å²) in [7, 11) is 0. The molecular weight excluding hydrogens is 218 g/mol. The zero-order valence-electron chi connectivity index (χ0n) is 11.0. The predicted octanol–water partition coefficient (Wildman–Crippen LogP) is 3.61. The molecule has 0 N–H and O–H groups in total. The zero-order chi connectivity index (χ0) is 12.4. The van der Waals surface area contributed by atoms with Gasteiger partial charge in [0.1, 0.15) is 6.54 Å². The summed E-state index contributed by atoms with van der Waals surface area (Å²) in [5, 5.41) is 0. The van der Waals surface area contributed by atoms with Crippen molar-refractivity contribution in [2.75, 3.05) is 13.1 Å². The highest BCUT2D eigenvalue weighted by atomic mass is 15.0. The Morgan fingerprint density at radius 2 is 2.11 bits per heavy atom. The second-order valence-corrected chi connectivity index (χ2v) is 5.57. The third-order valence-electron chi connectivity index (χ3n) is 4.54. The van der Waals surface area contributed by atoms with Gasteiger partial charge in [-0.1, -0.05) is 36.4 Å². The second-order valence-electron chi connectivity index (χ2n) is 5.57. The highest BCUT2D eigenvalue weighted by Crippen LogP contribution is 2.31. The molecule has 1 aliphatic heterocycles. The van der Waals surface area contributed by atoms with E-state index in [1.165, 1.54) is 37.8 Å². The van der Waals surface area contributed by atoms with Crippen LogP contribution in [-0.4, -0.2) is 23.4 Å². The summed E-state index contributed by atoms with van der Waals surface area (Å²) >= 11 is 0. The molecule has 1 fully saturated rings. The van der Waals surface area contributed by atoms with Gasteiger partial charge in [0.2, 0.25) is 0 Å². The van der Waals surface area contributed by atoms with Crippen LogP contribution in [0.1, 0.15) is 37.2 Å². The second kappa shape index (κ2) is 5.09. The lowest BCUT2D eigenvalue weighted by Gasteiger charge is -2.11. The van der Waals surface area contributed by atoms with Crippen LogP contribution in [0.25, 0.3) is 0 Å². The molecule has 1 nitrogen and oxygen atoms in total. The van der Waals surface area contributed by atoms with Crippen molar-refractivity contribution in [2.45, 2.75) is 31.6 Å². The van der Waals surface area contributed by atoms with E-state index >= 15 is 0 Å². The molecule has 0 spiro atoms. The van der Waals surface area contributed by atoms with Crippen LogP contribution in [0.4, 0.5) is 0 Å². The van der Waals surface area contributed by atoms with Crippen molar-refractivity contribution in [3.05, 3.63) is 48.6 Å². The standard InChI is InChI=1S/C17H22N/c1-2-14(15-7-4-3-5-8-15)13-18-12-11-16-9-6-10-17(16)18/h2-5,7-8,14,16H,1,6,9-13H2/q+1/t14-,16+/m0/s1. The van der Waals surface area contributed by atoms with E-state index in [0.29, 0.717) is 5.92 Å². The predicted molar refractivity (Wildman–Crippen MR) is 76.3 cm³/mol. The van der Waals surface area contributed by atoms with Crippen molar-refractivity contribution in [2.24, 2.45) is 5.92 Å². The van der Waals surface area contributed by atoms with Gasteiger partial charge < -0.3 is 0 Å². The van der Waals surface area contributed by atoms with Gasteiger partial charge in [-0.15, -0.1) is 6.58 Å². The minimum absolute atomic E-state index is 0.470. The Hall–Kier alpha value is -1.37. The molecule has 3 rings (SSSR count). The molecular formula is C17H22N+. The number of benzene rings is 1. The van der Waals surface area contributed by atoms with E-state index in [9.17, 15) is 0 Å². The summed E-state index contributed by atoms with van der Waals surface area (Å²) in [5.41, 5.74) is 3.13. The van der Waals surface area contributed by atoms with E-state index < -0.39 is 0 Å². The first kappa shape index (κ1) is 11.7. The lowest BCUT2D eigenvalue weighted by Crippen LogP contribution is -2.21. The number of hydrogen-bond donors (Lipinski definition) is 0. The van der Waals surface area contributed by atoms with E-state index in [4.69, 9.17) is 0 Å². The maximum absolute atomic E-state index is 4.03. The van der Waals surface area contributed by atoms with Crippen LogP contribution < -0.4 is 0 Å². The van der Waals surface area contributed by atoms with Gasteiger partial charge in [-0.2, -0.15) is 0 Å². The van der Waals surface area contributed by atoms with Crippen molar-refractivity contribution < 1.29 is 4.58 Å². The molecule has 0 bridgehead atoms. The van der Waals surface area contributed by atoms with Crippen LogP contribution in [0, 0.1) is 5.92 Å². The fourth-order valence-corrected chi connectivity index (χ4v) is 3.55. The van der Waals surface area contributed by atoms with Gasteiger partial charge in [0, 0.05) is 18.8 Å². The lowest BCUT2D eigenvalue weighted by molar-refractivity contribution is -0.522. The summed E-state index contributed by atoms with van der Waals surface area (Å²) in [5.74, 6) is 1.38. The van der Waals surface area contributed by atoms with Crippen molar-refractivity contribution in [3.8, 4) is 0 Å². The highest BCUT2D eigenvalue weighted by Gasteiger charge is 2.36. The number of nitrogens with zero attached hydrogens (tertiary/aromatic N) is 1. The molecule has 0 saturated heterocycles. The first-order valence-electron chi connectivity index (χ1n) is 7.16. The fourth-order valence-electron chi connectivity index (χ4n) is 3.55. The van der Waals surface area contributed by atoms with Crippen LogP contribution >= 0.6 is 0 Å². The van der Waals surface area contributed by atoms with E-state index in [1.807, 2.05) is 0 Å². The van der Waals surface area contributed by atoms with E-state index in [2.05, 4.69) is 47.6 Å². The van der Waals surface area contributed by atoms with Gasteiger partial charge in [0.05, 0.1) is 5.92 Å². The molecule has 1 aromatic rings. The normalized spacial score (nSPS) is 24.1. The molecule has 0 aromatic heterocycles. The minimum atomic E-state index is 0.470. The largest absolute Gasteiger partial charge is 0.236 e. The third kappa shape index (κ3) is 2.14. The molecule has 1 heterocycles. The van der Waals surface area contributed by atoms with Crippen molar-refractivity contribution >= 4 is 5.71 Å². The zero-order valence-corrected chi connectivity index (χ0v) is 11.0. The van der Waals surface area contributed by atoms with Gasteiger partial charge >= 0.3 is 0 Å². The van der Waals surface area contributed by atoms with E-state index in [0.717, 1.165) is 12.5 Å². The Balaban J connectivity index is 1.79. The van der Waals surface area contributed by atoms with Gasteiger partial charge in [-0.05, 0) is 18.4 Å². The lowest BCUT2D eigenvalue weighted by atomic mass is 9.99. The van der Waals surface area contributed by atoms with E-state index in [-0.39, 0.29) is 0 Å². The minimum Gasteiger partial charge on any atom is -0.236 e. The number of hydrogen-bond acceptors (Lipinski definition) is 0. The molecule has 18 heavy (non-hydrogen) atoms. The summed E-state index contributed by atoms with van der Waals surface area (Å²) < 4.78 is 2.64. The Morgan fingerprint density at radius 3 is 2.89 bits per heavy atom. The average molecular weight is 240 g/mol. The molecule has 1 aromatic carbocycles. The Labute approximate surface area is 110 Å². The monoisotopic (exact) mass is 240 g/mol. The Bertz CT molecular complexity index is 458. The molecule has 2 atom stereocenters. The van der Waals surface area contributed by atoms with Gasteiger partial charge in [0.25, 0.3) is 0 Å². The molecule has 1 heteroatoms. The summed E-state index contributed by atoms with van der Waals surface area (Å²) in [6.45, 7) is 6.41. The van der Waals surface area contributed by atoms with Crippen LogP contribution in [0.3, 0.4) is 0 Å². The Morgan fingerprint density at radius 1 is 1.28 bits per heavy atom. The van der Waals surface area contributed by atoms with Gasteiger partial charge in [0.15, 0.2) is 12.3 Å². The molecule has 0 unspecified atom stereocenters. The molecule has 1 saturated carbocycles. The van der Waals surface area contributed by atoms with Crippen LogP contribution in [0.5, 0.6) is 0 Å². The first-order chi connectivity index (χ1) is 8.88. The number of fused-ring (bicyclic) bond motifs is 1. The summed E-state index contributed by atoms with van der Waals surface area (Å²) in [4.78, 5) is 0. The third-order valence-corrected chi connectivity index (χ3v) is 4.54. The van der Waals surface area contributed by atoms with Gasteiger partial charge in [-0.25, -0.2) is 4.58 Å². The molecule has 0 radical (unpaired) electrons. The molecule has 2 aliphatic rings. The SMILES string of the molecule is C=C[C@@H](C[N+]1=C2CCC[C@@H]2CC1)c1ccccc1. The fraction of sp³-hybridized carbons (Fsp3) is 0.471. The molecule has 1 aliphatic carbocycles. The summed E-state index contributed by atoms with van der Waals surface area (Å²) in [6, 6.07) is 10.8. The smallest absolute Gasteiger partial charge is 0.155 e. The van der Waals surface area contributed by atoms with Gasteiger partial charge in [-0.3, -0.25) is 0 Å². The van der Waals surface area contributed by atoms with Crippen LogP contribution in [0.15, 0.2) is 43.0 Å². The van der Waals surface area contributed by atoms with Crippen molar-refractivity contribution in [1.29, 1.82) is 0 Å². The Kier molecular flexibility index (Phi) is 3.31. The topological polar surface area (TPSA) is 3.01 Å². The maximum Gasteiger partial charge on any atom is 0.155 e. The first-order valence-corrected chi connectivity index (χ1v) is 7.16. The molecule has 0 amide bonds. The maximum atomic E-state index is 4.03. The van der Waals surface area contributed by atoms with Crippen LogP contribution in [0.2, 0.25) is 0 Å². The van der Waals surface area contributed by atoms with Crippen molar-refractivity contribution in [1.82, 2.24) is 0 Å². The average Bonchev–Trinajstić information content (AvgIpc) is 3.01. The summed E-state index contributed by atoms with van der Waals surface area (Å²) in [6.07, 6.45) is 7.66. The highest BCUT2D eigenvalue weighted by molar-refractivity contribution is 5.85. The van der Waals surface area contributed by atoms with Crippen LogP contribution in [-0.2, 0) is 0 Å².